The van der Waals surface area contributed by atoms with Gasteiger partial charge < -0.3 is 10.4 Å². The van der Waals surface area contributed by atoms with Crippen molar-refractivity contribution >= 4 is 5.91 Å². The fourth-order valence-electron chi connectivity index (χ4n) is 2.46. The molecule has 0 aliphatic carbocycles. The maximum absolute atomic E-state index is 12.2. The van der Waals surface area contributed by atoms with Crippen LogP contribution in [0.1, 0.15) is 36.1 Å². The largest absolute Gasteiger partial charge is 0.396 e. The van der Waals surface area contributed by atoms with Crippen molar-refractivity contribution < 1.29 is 9.90 Å². The van der Waals surface area contributed by atoms with Crippen molar-refractivity contribution in [3.63, 3.8) is 0 Å². The van der Waals surface area contributed by atoms with Crippen molar-refractivity contribution in [2.24, 2.45) is 0 Å². The summed E-state index contributed by atoms with van der Waals surface area (Å²) in [6, 6.07) is 17.7. The second-order valence-electron chi connectivity index (χ2n) is 5.39. The first-order valence-corrected chi connectivity index (χ1v) is 7.76. The number of hydrogen-bond donors (Lipinski definition) is 2. The van der Waals surface area contributed by atoms with Crippen molar-refractivity contribution in [1.29, 1.82) is 0 Å². The molecule has 0 aromatic heterocycles. The number of aliphatic hydroxyl groups is 1. The van der Waals surface area contributed by atoms with Crippen molar-refractivity contribution in [2.45, 2.75) is 32.2 Å². The lowest BCUT2D eigenvalue weighted by atomic mass is 10.0. The quantitative estimate of drug-likeness (QED) is 0.825. The van der Waals surface area contributed by atoms with Crippen LogP contribution in [0.4, 0.5) is 0 Å². The Balaban J connectivity index is 1.98. The fraction of sp³-hybridized carbons (Fsp3) is 0.316. The van der Waals surface area contributed by atoms with Crippen LogP contribution in [0.2, 0.25) is 0 Å². The van der Waals surface area contributed by atoms with E-state index in [0.717, 1.165) is 17.5 Å². The van der Waals surface area contributed by atoms with Crippen LogP contribution in [0, 0.1) is 0 Å². The summed E-state index contributed by atoms with van der Waals surface area (Å²) in [5, 5.41) is 12.2. The molecule has 22 heavy (non-hydrogen) atoms. The van der Waals surface area contributed by atoms with Crippen LogP contribution in [0.25, 0.3) is 0 Å². The lowest BCUT2D eigenvalue weighted by Gasteiger charge is -2.18. The Bertz CT molecular complexity index is 578. The van der Waals surface area contributed by atoms with Crippen LogP contribution in [0.15, 0.2) is 54.6 Å². The van der Waals surface area contributed by atoms with E-state index in [2.05, 4.69) is 24.4 Å². The maximum Gasteiger partial charge on any atom is 0.224 e. The summed E-state index contributed by atoms with van der Waals surface area (Å²) in [6.45, 7) is 2.16. The molecule has 0 radical (unpaired) electrons. The molecule has 116 valence electrons. The molecule has 0 spiro atoms. The number of nitrogens with one attached hydrogen (secondary N) is 1. The van der Waals surface area contributed by atoms with Gasteiger partial charge in [0.2, 0.25) is 5.91 Å². The van der Waals surface area contributed by atoms with Gasteiger partial charge in [-0.3, -0.25) is 4.79 Å². The average molecular weight is 297 g/mol. The molecule has 0 bridgehead atoms. The minimum Gasteiger partial charge on any atom is -0.396 e. The lowest BCUT2D eigenvalue weighted by Crippen LogP contribution is -2.30. The molecule has 3 nitrogen and oxygen atoms in total. The van der Waals surface area contributed by atoms with Crippen molar-refractivity contribution in [1.82, 2.24) is 5.32 Å². The van der Waals surface area contributed by atoms with Gasteiger partial charge in [0.1, 0.15) is 0 Å². The Kier molecular flexibility index (Phi) is 6.16. The predicted octanol–water partition coefficient (Wildman–Crippen LogP) is 3.03. The van der Waals surface area contributed by atoms with E-state index in [1.54, 1.807) is 0 Å². The summed E-state index contributed by atoms with van der Waals surface area (Å²) in [5.41, 5.74) is 3.29. The van der Waals surface area contributed by atoms with E-state index in [1.165, 1.54) is 5.56 Å². The van der Waals surface area contributed by atoms with E-state index in [-0.39, 0.29) is 18.6 Å². The zero-order valence-corrected chi connectivity index (χ0v) is 13.0. The highest BCUT2D eigenvalue weighted by Crippen LogP contribution is 2.16. The van der Waals surface area contributed by atoms with Gasteiger partial charge in [-0.05, 0) is 29.5 Å². The summed E-state index contributed by atoms with van der Waals surface area (Å²) in [4.78, 5) is 12.2. The molecule has 1 atom stereocenters. The third kappa shape index (κ3) is 4.71. The highest BCUT2D eigenvalue weighted by Gasteiger charge is 2.14. The molecule has 3 heteroatoms. The second kappa shape index (κ2) is 8.35. The van der Waals surface area contributed by atoms with E-state index in [9.17, 15) is 9.90 Å². The standard InChI is InChI=1S/C19H23NO2/c1-2-15-8-10-16(11-9-15)14-19(22)20-18(12-13-21)17-6-4-3-5-7-17/h3-11,18,21H,2,12-14H2,1H3,(H,20,22). The van der Waals surface area contributed by atoms with Crippen LogP contribution in [-0.4, -0.2) is 17.6 Å². The van der Waals surface area contributed by atoms with Crippen LogP contribution in [0.5, 0.6) is 0 Å². The number of hydrogen-bond acceptors (Lipinski definition) is 2. The minimum atomic E-state index is -0.145. The van der Waals surface area contributed by atoms with E-state index in [4.69, 9.17) is 0 Å². The van der Waals surface area contributed by atoms with Crippen LogP contribution in [-0.2, 0) is 17.6 Å². The first-order valence-electron chi connectivity index (χ1n) is 7.76. The Morgan fingerprint density at radius 2 is 1.68 bits per heavy atom. The monoisotopic (exact) mass is 297 g/mol. The van der Waals surface area contributed by atoms with E-state index in [0.29, 0.717) is 12.8 Å². The zero-order chi connectivity index (χ0) is 15.8. The maximum atomic E-state index is 12.2. The topological polar surface area (TPSA) is 49.3 Å². The predicted molar refractivity (Wildman–Crippen MR) is 88.6 cm³/mol. The Morgan fingerprint density at radius 3 is 2.27 bits per heavy atom. The van der Waals surface area contributed by atoms with E-state index >= 15 is 0 Å². The normalized spacial score (nSPS) is 11.9. The number of aryl methyl sites for hydroxylation is 1. The van der Waals surface area contributed by atoms with Crippen LogP contribution in [0.3, 0.4) is 0 Å². The molecule has 0 saturated heterocycles. The minimum absolute atomic E-state index is 0.0217. The first-order chi connectivity index (χ1) is 10.7. The number of aliphatic hydroxyl groups excluding tert-OH is 1. The molecule has 0 aliphatic heterocycles. The van der Waals surface area contributed by atoms with Crippen molar-refractivity contribution in [3.05, 3.63) is 71.3 Å². The van der Waals surface area contributed by atoms with Gasteiger partial charge in [-0.2, -0.15) is 0 Å². The third-order valence-electron chi connectivity index (χ3n) is 3.75. The van der Waals surface area contributed by atoms with Crippen molar-refractivity contribution in [3.8, 4) is 0 Å². The Morgan fingerprint density at radius 1 is 1.05 bits per heavy atom. The first kappa shape index (κ1) is 16.2. The van der Waals surface area contributed by atoms with Gasteiger partial charge in [0.05, 0.1) is 12.5 Å². The SMILES string of the molecule is CCc1ccc(CC(=O)NC(CCO)c2ccccc2)cc1. The highest BCUT2D eigenvalue weighted by atomic mass is 16.3. The van der Waals surface area contributed by atoms with Gasteiger partial charge in [0, 0.05) is 6.61 Å². The molecule has 0 heterocycles. The van der Waals surface area contributed by atoms with Gasteiger partial charge in [-0.15, -0.1) is 0 Å². The molecule has 1 unspecified atom stereocenters. The number of benzene rings is 2. The van der Waals surface area contributed by atoms with Gasteiger partial charge >= 0.3 is 0 Å². The smallest absolute Gasteiger partial charge is 0.224 e. The van der Waals surface area contributed by atoms with E-state index in [1.807, 2.05) is 42.5 Å². The molecule has 0 saturated carbocycles. The lowest BCUT2D eigenvalue weighted by molar-refractivity contribution is -0.121. The van der Waals surface area contributed by atoms with E-state index < -0.39 is 0 Å². The van der Waals surface area contributed by atoms with Crippen LogP contribution < -0.4 is 5.32 Å². The molecule has 1 amide bonds. The third-order valence-corrected chi connectivity index (χ3v) is 3.75. The Labute approximate surface area is 132 Å². The molecule has 0 fully saturated rings. The van der Waals surface area contributed by atoms with Gasteiger partial charge in [-0.25, -0.2) is 0 Å². The zero-order valence-electron chi connectivity index (χ0n) is 13.0. The van der Waals surface area contributed by atoms with Gasteiger partial charge in [-0.1, -0.05) is 61.5 Å². The average Bonchev–Trinajstić information content (AvgIpc) is 2.56. The molecular formula is C19H23NO2. The fourth-order valence-corrected chi connectivity index (χ4v) is 2.46. The van der Waals surface area contributed by atoms with Gasteiger partial charge in [0.15, 0.2) is 0 Å². The number of carbonyl (C=O) groups excluding carboxylic acids is 1. The van der Waals surface area contributed by atoms with Crippen LogP contribution >= 0.6 is 0 Å². The summed E-state index contributed by atoms with van der Waals surface area (Å²) in [5.74, 6) is -0.0217. The molecule has 2 rings (SSSR count). The summed E-state index contributed by atoms with van der Waals surface area (Å²) in [6.07, 6.45) is 1.88. The van der Waals surface area contributed by atoms with Gasteiger partial charge in [0.25, 0.3) is 0 Å². The number of carbonyl (C=O) groups is 1. The van der Waals surface area contributed by atoms with Crippen molar-refractivity contribution in [2.75, 3.05) is 6.61 Å². The number of rotatable bonds is 7. The summed E-state index contributed by atoms with van der Waals surface area (Å²) >= 11 is 0. The molecular weight excluding hydrogens is 274 g/mol. The summed E-state index contributed by atoms with van der Waals surface area (Å²) < 4.78 is 0. The molecule has 2 aromatic rings. The molecule has 2 N–H and O–H groups in total. The molecule has 2 aromatic carbocycles. The molecule has 0 aliphatic rings. The second-order valence-corrected chi connectivity index (χ2v) is 5.39. The Hall–Kier alpha value is -2.13. The number of amides is 1. The highest BCUT2D eigenvalue weighted by molar-refractivity contribution is 5.79. The summed E-state index contributed by atoms with van der Waals surface area (Å²) in [7, 11) is 0.